The van der Waals surface area contributed by atoms with Crippen molar-refractivity contribution in [3.63, 3.8) is 0 Å². The van der Waals surface area contributed by atoms with Crippen molar-refractivity contribution >= 4 is 0 Å². The molecule has 0 amide bonds. The molecule has 0 saturated heterocycles. The van der Waals surface area contributed by atoms with E-state index in [9.17, 15) is 0 Å². The Bertz CT molecular complexity index is 136. The topological polar surface area (TPSA) is 23.8 Å². The van der Waals surface area contributed by atoms with E-state index >= 15 is 0 Å². The van der Waals surface area contributed by atoms with Gasteiger partial charge in [0.1, 0.15) is 0 Å². The Labute approximate surface area is 70.4 Å². The Balaban J connectivity index is 3.54. The molecule has 0 aromatic carbocycles. The van der Waals surface area contributed by atoms with E-state index in [1.807, 2.05) is 0 Å². The zero-order valence-corrected chi connectivity index (χ0v) is 8.15. The summed E-state index contributed by atoms with van der Waals surface area (Å²) >= 11 is 0. The van der Waals surface area contributed by atoms with Gasteiger partial charge in [0.2, 0.25) is 0 Å². The highest BCUT2D eigenvalue weighted by molar-refractivity contribution is 4.73. The fourth-order valence-corrected chi connectivity index (χ4v) is 1.46. The molecule has 64 valence electrons. The molecule has 0 heterocycles. The van der Waals surface area contributed by atoms with E-state index in [-0.39, 0.29) is 0 Å². The van der Waals surface area contributed by atoms with Gasteiger partial charge in [-0.05, 0) is 24.2 Å². The molecular weight excluding hydrogens is 134 g/mol. The van der Waals surface area contributed by atoms with Crippen molar-refractivity contribution < 1.29 is 0 Å². The van der Waals surface area contributed by atoms with Crippen molar-refractivity contribution in [2.24, 2.45) is 11.3 Å². The van der Waals surface area contributed by atoms with Crippen molar-refractivity contribution in [2.45, 2.75) is 47.0 Å². The minimum absolute atomic E-state index is 0.412. The first-order valence-electron chi connectivity index (χ1n) is 4.32. The van der Waals surface area contributed by atoms with Crippen molar-refractivity contribution in [3.8, 4) is 6.07 Å². The van der Waals surface area contributed by atoms with Gasteiger partial charge in [-0.2, -0.15) is 5.26 Å². The van der Waals surface area contributed by atoms with E-state index in [2.05, 4.69) is 33.8 Å². The molecule has 0 fully saturated rings. The summed E-state index contributed by atoms with van der Waals surface area (Å²) < 4.78 is 0. The molecule has 0 aliphatic carbocycles. The van der Waals surface area contributed by atoms with Gasteiger partial charge >= 0.3 is 0 Å². The molecule has 11 heavy (non-hydrogen) atoms. The molecule has 0 aromatic rings. The third kappa shape index (κ3) is 7.39. The fourth-order valence-electron chi connectivity index (χ4n) is 1.46. The highest BCUT2D eigenvalue weighted by atomic mass is 14.2. The monoisotopic (exact) mass is 153 g/mol. The third-order valence-corrected chi connectivity index (χ3v) is 1.71. The lowest BCUT2D eigenvalue weighted by Crippen LogP contribution is -2.10. The lowest BCUT2D eigenvalue weighted by Gasteiger charge is -2.22. The lowest BCUT2D eigenvalue weighted by atomic mass is 9.84. The lowest BCUT2D eigenvalue weighted by molar-refractivity contribution is 0.298. The van der Waals surface area contributed by atoms with E-state index in [1.165, 1.54) is 6.42 Å². The van der Waals surface area contributed by atoms with Gasteiger partial charge in [-0.15, -0.1) is 0 Å². The predicted octanol–water partition coefficient (Wildman–Crippen LogP) is 3.36. The first-order chi connectivity index (χ1) is 4.95. The molecule has 1 atom stereocenters. The smallest absolute Gasteiger partial charge is 0.0621 e. The van der Waals surface area contributed by atoms with E-state index in [0.717, 1.165) is 6.42 Å². The van der Waals surface area contributed by atoms with Crippen LogP contribution in [0.25, 0.3) is 0 Å². The molecule has 0 aliphatic heterocycles. The minimum atomic E-state index is 0.412. The van der Waals surface area contributed by atoms with Crippen LogP contribution < -0.4 is 0 Å². The molecule has 0 aromatic heterocycles. The summed E-state index contributed by atoms with van der Waals surface area (Å²) in [5.74, 6) is 0.689. The molecule has 1 nitrogen and oxygen atoms in total. The Kier molecular flexibility index (Phi) is 4.18. The number of hydrogen-bond acceptors (Lipinski definition) is 1. The Morgan fingerprint density at radius 1 is 1.36 bits per heavy atom. The number of hydrogen-bond donors (Lipinski definition) is 0. The molecule has 1 heteroatoms. The van der Waals surface area contributed by atoms with Crippen LogP contribution in [0.1, 0.15) is 47.0 Å². The van der Waals surface area contributed by atoms with E-state index in [0.29, 0.717) is 17.8 Å². The zero-order chi connectivity index (χ0) is 8.91. The van der Waals surface area contributed by atoms with E-state index in [1.54, 1.807) is 0 Å². The molecule has 0 rings (SSSR count). The van der Waals surface area contributed by atoms with Crippen LogP contribution in [0.2, 0.25) is 0 Å². The number of nitrogens with zero attached hydrogens (tertiary/aromatic N) is 1. The van der Waals surface area contributed by atoms with Gasteiger partial charge in [0.15, 0.2) is 0 Å². The van der Waals surface area contributed by atoms with Crippen LogP contribution >= 0.6 is 0 Å². The van der Waals surface area contributed by atoms with Crippen molar-refractivity contribution in [1.82, 2.24) is 0 Å². The average molecular weight is 153 g/mol. The van der Waals surface area contributed by atoms with Gasteiger partial charge < -0.3 is 0 Å². The van der Waals surface area contributed by atoms with Crippen molar-refractivity contribution in [3.05, 3.63) is 0 Å². The second kappa shape index (κ2) is 4.38. The van der Waals surface area contributed by atoms with Crippen LogP contribution in [0.4, 0.5) is 0 Å². The maximum Gasteiger partial charge on any atom is 0.0621 e. The second-order valence-corrected chi connectivity index (χ2v) is 4.57. The van der Waals surface area contributed by atoms with Gasteiger partial charge in [-0.25, -0.2) is 0 Å². The Morgan fingerprint density at radius 3 is 2.27 bits per heavy atom. The van der Waals surface area contributed by atoms with E-state index < -0.39 is 0 Å². The molecule has 0 bridgehead atoms. The van der Waals surface area contributed by atoms with Crippen LogP contribution in [0.5, 0.6) is 0 Å². The third-order valence-electron chi connectivity index (χ3n) is 1.71. The fraction of sp³-hybridized carbons (Fsp3) is 0.900. The zero-order valence-electron chi connectivity index (χ0n) is 8.15. The molecule has 0 saturated carbocycles. The van der Waals surface area contributed by atoms with Gasteiger partial charge in [-0.3, -0.25) is 0 Å². The molecule has 0 aliphatic rings. The van der Waals surface area contributed by atoms with Crippen LogP contribution in [-0.2, 0) is 0 Å². The van der Waals surface area contributed by atoms with Gasteiger partial charge in [0.05, 0.1) is 6.07 Å². The summed E-state index contributed by atoms with van der Waals surface area (Å²) in [7, 11) is 0. The molecule has 0 spiro atoms. The van der Waals surface area contributed by atoms with Crippen LogP contribution in [0.3, 0.4) is 0 Å². The quantitative estimate of drug-likeness (QED) is 0.610. The van der Waals surface area contributed by atoms with E-state index in [4.69, 9.17) is 5.26 Å². The average Bonchev–Trinajstić information content (AvgIpc) is 1.79. The number of rotatable bonds is 3. The standard InChI is InChI=1S/C10H19N/c1-9(6-5-7-11)8-10(2,3)4/h9H,5-6,8H2,1-4H3. The van der Waals surface area contributed by atoms with Crippen molar-refractivity contribution in [2.75, 3.05) is 0 Å². The minimum Gasteiger partial charge on any atom is -0.198 e. The summed E-state index contributed by atoms with van der Waals surface area (Å²) in [4.78, 5) is 0. The molecule has 0 radical (unpaired) electrons. The molecule has 0 N–H and O–H groups in total. The summed E-state index contributed by atoms with van der Waals surface area (Å²) in [5.41, 5.74) is 0.412. The van der Waals surface area contributed by atoms with Gasteiger partial charge in [0, 0.05) is 6.42 Å². The summed E-state index contributed by atoms with van der Waals surface area (Å²) in [6, 6.07) is 2.18. The summed E-state index contributed by atoms with van der Waals surface area (Å²) in [6.45, 7) is 8.96. The second-order valence-electron chi connectivity index (χ2n) is 4.57. The first kappa shape index (κ1) is 10.5. The molecule has 1 unspecified atom stereocenters. The Morgan fingerprint density at radius 2 is 1.91 bits per heavy atom. The molecular formula is C10H19N. The highest BCUT2D eigenvalue weighted by Crippen LogP contribution is 2.26. The van der Waals surface area contributed by atoms with Crippen LogP contribution in [-0.4, -0.2) is 0 Å². The highest BCUT2D eigenvalue weighted by Gasteiger charge is 2.14. The largest absolute Gasteiger partial charge is 0.198 e. The normalized spacial score (nSPS) is 14.1. The SMILES string of the molecule is CC(CCC#N)CC(C)(C)C. The van der Waals surface area contributed by atoms with Crippen molar-refractivity contribution in [1.29, 1.82) is 5.26 Å². The first-order valence-corrected chi connectivity index (χ1v) is 4.32. The van der Waals surface area contributed by atoms with Crippen LogP contribution in [0.15, 0.2) is 0 Å². The van der Waals surface area contributed by atoms with Gasteiger partial charge in [0.25, 0.3) is 0 Å². The summed E-state index contributed by atoms with van der Waals surface area (Å²) in [6.07, 6.45) is 2.97. The van der Waals surface area contributed by atoms with Gasteiger partial charge in [-0.1, -0.05) is 27.7 Å². The predicted molar refractivity (Wildman–Crippen MR) is 48.1 cm³/mol. The van der Waals surface area contributed by atoms with Crippen LogP contribution in [0, 0.1) is 22.7 Å². The number of nitriles is 1. The maximum atomic E-state index is 8.36. The maximum absolute atomic E-state index is 8.36. The Hall–Kier alpha value is -0.510. The summed E-state index contributed by atoms with van der Waals surface area (Å²) in [5, 5.41) is 8.36.